The molecule has 1 aromatic carbocycles. The first kappa shape index (κ1) is 15.2. The van der Waals surface area contributed by atoms with E-state index < -0.39 is 0 Å². The summed E-state index contributed by atoms with van der Waals surface area (Å²) in [5.74, 6) is 0.863. The number of hydrogen-bond donors (Lipinski definition) is 1. The third kappa shape index (κ3) is 4.40. The molecule has 3 heteroatoms. The van der Waals surface area contributed by atoms with Crippen molar-refractivity contribution in [1.82, 2.24) is 0 Å². The van der Waals surface area contributed by atoms with E-state index in [2.05, 4.69) is 19.1 Å². The smallest absolute Gasteiger partial charge is 0.0449 e. The Kier molecular flexibility index (Phi) is 5.61. The van der Waals surface area contributed by atoms with Crippen molar-refractivity contribution < 1.29 is 0 Å². The summed E-state index contributed by atoms with van der Waals surface area (Å²) in [6, 6.07) is 6.40. The maximum Gasteiger partial charge on any atom is 0.0449 e. The Bertz CT molecular complexity index is 419. The standard InChI is InChI=1S/C16H24ClNS/c1-11-5-3-6-13(9-11)19-16-8-4-7-15(17)14(16)10-12(2)18/h4,7-8,11-13H,3,5-6,9-10,18H2,1-2H3. The van der Waals surface area contributed by atoms with Gasteiger partial charge >= 0.3 is 0 Å². The summed E-state index contributed by atoms with van der Waals surface area (Å²) in [6.45, 7) is 4.41. The van der Waals surface area contributed by atoms with Crippen LogP contribution in [0.1, 0.15) is 45.1 Å². The maximum atomic E-state index is 6.35. The first-order chi connectivity index (χ1) is 9.06. The summed E-state index contributed by atoms with van der Waals surface area (Å²) >= 11 is 8.36. The molecule has 2 N–H and O–H groups in total. The number of rotatable bonds is 4. The van der Waals surface area contributed by atoms with E-state index in [1.165, 1.54) is 36.1 Å². The van der Waals surface area contributed by atoms with Gasteiger partial charge in [-0.05, 0) is 49.8 Å². The fourth-order valence-corrected chi connectivity index (χ4v) is 4.70. The van der Waals surface area contributed by atoms with Crippen molar-refractivity contribution in [3.8, 4) is 0 Å². The SMILES string of the molecule is CC(N)Cc1c(Cl)cccc1SC1CCCC(C)C1. The quantitative estimate of drug-likeness (QED) is 0.855. The second-order valence-electron chi connectivity index (χ2n) is 5.91. The van der Waals surface area contributed by atoms with Crippen LogP contribution in [0.15, 0.2) is 23.1 Å². The molecule has 2 rings (SSSR count). The molecule has 1 aliphatic carbocycles. The van der Waals surface area contributed by atoms with Gasteiger partial charge in [-0.3, -0.25) is 0 Å². The summed E-state index contributed by atoms with van der Waals surface area (Å²) in [5.41, 5.74) is 7.19. The Labute approximate surface area is 126 Å². The minimum Gasteiger partial charge on any atom is -0.328 e. The average molecular weight is 298 g/mol. The molecule has 3 unspecified atom stereocenters. The van der Waals surface area contributed by atoms with Crippen LogP contribution in [-0.2, 0) is 6.42 Å². The zero-order valence-electron chi connectivity index (χ0n) is 11.9. The zero-order valence-corrected chi connectivity index (χ0v) is 13.4. The molecule has 1 aromatic rings. The number of thioether (sulfide) groups is 1. The Balaban J connectivity index is 2.12. The van der Waals surface area contributed by atoms with Crippen LogP contribution in [0.2, 0.25) is 5.02 Å². The molecule has 0 aromatic heterocycles. The van der Waals surface area contributed by atoms with Gasteiger partial charge in [0.25, 0.3) is 0 Å². The number of hydrogen-bond acceptors (Lipinski definition) is 2. The summed E-state index contributed by atoms with van der Waals surface area (Å²) in [5, 5.41) is 1.61. The second-order valence-corrected chi connectivity index (χ2v) is 7.66. The number of benzene rings is 1. The van der Waals surface area contributed by atoms with Gasteiger partial charge in [-0.15, -0.1) is 11.8 Å². The average Bonchev–Trinajstić information content (AvgIpc) is 2.33. The van der Waals surface area contributed by atoms with Gasteiger partial charge in [-0.2, -0.15) is 0 Å². The van der Waals surface area contributed by atoms with E-state index in [-0.39, 0.29) is 6.04 Å². The van der Waals surface area contributed by atoms with Crippen LogP contribution in [0.3, 0.4) is 0 Å². The molecule has 1 fully saturated rings. The van der Waals surface area contributed by atoms with E-state index in [4.69, 9.17) is 17.3 Å². The largest absolute Gasteiger partial charge is 0.328 e. The molecule has 1 nitrogen and oxygen atoms in total. The highest BCUT2D eigenvalue weighted by Gasteiger charge is 2.21. The van der Waals surface area contributed by atoms with Gasteiger partial charge in [-0.1, -0.05) is 37.4 Å². The van der Waals surface area contributed by atoms with Crippen LogP contribution in [0.4, 0.5) is 0 Å². The Morgan fingerprint density at radius 1 is 1.42 bits per heavy atom. The van der Waals surface area contributed by atoms with Gasteiger partial charge in [-0.25, -0.2) is 0 Å². The summed E-state index contributed by atoms with van der Waals surface area (Å²) in [4.78, 5) is 1.34. The molecule has 19 heavy (non-hydrogen) atoms. The van der Waals surface area contributed by atoms with Crippen LogP contribution in [0, 0.1) is 5.92 Å². The lowest BCUT2D eigenvalue weighted by atomic mass is 9.91. The Hall–Kier alpha value is -0.180. The molecular formula is C16H24ClNS. The predicted molar refractivity (Wildman–Crippen MR) is 86.1 cm³/mol. The molecule has 0 heterocycles. The normalized spacial score (nSPS) is 25.3. The van der Waals surface area contributed by atoms with Gasteiger partial charge < -0.3 is 5.73 Å². The van der Waals surface area contributed by atoms with Crippen LogP contribution in [0.25, 0.3) is 0 Å². The highest BCUT2D eigenvalue weighted by atomic mass is 35.5. The highest BCUT2D eigenvalue weighted by molar-refractivity contribution is 8.00. The topological polar surface area (TPSA) is 26.0 Å². The van der Waals surface area contributed by atoms with Gasteiger partial charge in [0.05, 0.1) is 0 Å². The highest BCUT2D eigenvalue weighted by Crippen LogP contribution is 2.39. The fourth-order valence-electron chi connectivity index (χ4n) is 2.83. The third-order valence-corrected chi connectivity index (χ3v) is 5.54. The predicted octanol–water partition coefficient (Wildman–Crippen LogP) is 4.90. The molecule has 3 atom stereocenters. The minimum absolute atomic E-state index is 0.157. The summed E-state index contributed by atoms with van der Waals surface area (Å²) in [7, 11) is 0. The Morgan fingerprint density at radius 3 is 2.89 bits per heavy atom. The lowest BCUT2D eigenvalue weighted by molar-refractivity contribution is 0.394. The fraction of sp³-hybridized carbons (Fsp3) is 0.625. The first-order valence-corrected chi connectivity index (χ1v) is 8.51. The zero-order chi connectivity index (χ0) is 13.8. The van der Waals surface area contributed by atoms with E-state index >= 15 is 0 Å². The molecular weight excluding hydrogens is 274 g/mol. The molecule has 1 aliphatic rings. The van der Waals surface area contributed by atoms with Crippen molar-refractivity contribution in [3.05, 3.63) is 28.8 Å². The van der Waals surface area contributed by atoms with E-state index in [0.717, 1.165) is 22.6 Å². The van der Waals surface area contributed by atoms with Gasteiger partial charge in [0.1, 0.15) is 0 Å². The van der Waals surface area contributed by atoms with Crippen LogP contribution >= 0.6 is 23.4 Å². The van der Waals surface area contributed by atoms with E-state index in [9.17, 15) is 0 Å². The van der Waals surface area contributed by atoms with E-state index in [0.29, 0.717) is 0 Å². The lowest BCUT2D eigenvalue weighted by Gasteiger charge is -2.27. The third-order valence-electron chi connectivity index (χ3n) is 3.78. The minimum atomic E-state index is 0.157. The van der Waals surface area contributed by atoms with Crippen molar-refractivity contribution in [2.45, 2.75) is 62.1 Å². The van der Waals surface area contributed by atoms with Crippen molar-refractivity contribution in [1.29, 1.82) is 0 Å². The summed E-state index contributed by atoms with van der Waals surface area (Å²) in [6.07, 6.45) is 6.28. The molecule has 0 spiro atoms. The first-order valence-electron chi connectivity index (χ1n) is 7.26. The molecule has 0 radical (unpaired) electrons. The maximum absolute atomic E-state index is 6.35. The van der Waals surface area contributed by atoms with Gasteiger partial charge in [0.2, 0.25) is 0 Å². The number of halogens is 1. The molecule has 106 valence electrons. The summed E-state index contributed by atoms with van der Waals surface area (Å²) < 4.78 is 0. The van der Waals surface area contributed by atoms with Gasteiger partial charge in [0.15, 0.2) is 0 Å². The van der Waals surface area contributed by atoms with Crippen LogP contribution < -0.4 is 5.73 Å². The van der Waals surface area contributed by atoms with Crippen LogP contribution in [-0.4, -0.2) is 11.3 Å². The van der Waals surface area contributed by atoms with Crippen molar-refractivity contribution in [3.63, 3.8) is 0 Å². The molecule has 0 amide bonds. The monoisotopic (exact) mass is 297 g/mol. The van der Waals surface area contributed by atoms with Crippen molar-refractivity contribution in [2.24, 2.45) is 11.7 Å². The molecule has 1 saturated carbocycles. The van der Waals surface area contributed by atoms with Crippen molar-refractivity contribution >= 4 is 23.4 Å². The Morgan fingerprint density at radius 2 is 2.21 bits per heavy atom. The molecule has 0 saturated heterocycles. The molecule has 0 aliphatic heterocycles. The second kappa shape index (κ2) is 7.01. The number of nitrogens with two attached hydrogens (primary N) is 1. The van der Waals surface area contributed by atoms with E-state index in [1.54, 1.807) is 0 Å². The molecule has 0 bridgehead atoms. The lowest BCUT2D eigenvalue weighted by Crippen LogP contribution is -2.19. The van der Waals surface area contributed by atoms with Crippen molar-refractivity contribution in [2.75, 3.05) is 0 Å². The van der Waals surface area contributed by atoms with Gasteiger partial charge in [0, 0.05) is 21.2 Å². The van der Waals surface area contributed by atoms with E-state index in [1.807, 2.05) is 24.8 Å². The van der Waals surface area contributed by atoms with Crippen LogP contribution in [0.5, 0.6) is 0 Å².